The van der Waals surface area contributed by atoms with Gasteiger partial charge < -0.3 is 4.90 Å². The van der Waals surface area contributed by atoms with Crippen LogP contribution >= 0.6 is 11.6 Å². The van der Waals surface area contributed by atoms with Crippen molar-refractivity contribution < 1.29 is 4.79 Å². The summed E-state index contributed by atoms with van der Waals surface area (Å²) < 4.78 is 0. The van der Waals surface area contributed by atoms with Crippen LogP contribution < -0.4 is 0 Å². The fourth-order valence-electron chi connectivity index (χ4n) is 2.15. The summed E-state index contributed by atoms with van der Waals surface area (Å²) in [5, 5.41) is 0. The maximum atomic E-state index is 12.4. The molecule has 1 amide bonds. The van der Waals surface area contributed by atoms with Gasteiger partial charge in [-0.2, -0.15) is 0 Å². The minimum atomic E-state index is -0.241. The highest BCUT2D eigenvalue weighted by molar-refractivity contribution is 6.18. The molecule has 1 aliphatic heterocycles. The van der Waals surface area contributed by atoms with Gasteiger partial charge in [0.25, 0.3) is 0 Å². The van der Waals surface area contributed by atoms with Gasteiger partial charge in [-0.1, -0.05) is 33.6 Å². The Hall–Kier alpha value is -0.240. The maximum absolute atomic E-state index is 12.4. The molecule has 0 spiro atoms. The van der Waals surface area contributed by atoms with Crippen LogP contribution in [0.1, 0.15) is 52.9 Å². The molecule has 1 aliphatic rings. The second-order valence-corrected chi connectivity index (χ2v) is 5.70. The lowest BCUT2D eigenvalue weighted by Gasteiger charge is -2.35. The first-order chi connectivity index (χ1) is 7.53. The fraction of sp³-hybridized carbons (Fsp3) is 0.923. The van der Waals surface area contributed by atoms with Crippen molar-refractivity contribution in [2.45, 2.75) is 58.9 Å². The summed E-state index contributed by atoms with van der Waals surface area (Å²) in [4.78, 5) is 14.5. The van der Waals surface area contributed by atoms with Gasteiger partial charge in [0.2, 0.25) is 5.91 Å². The number of carbonyl (C=O) groups is 1. The van der Waals surface area contributed by atoms with Crippen molar-refractivity contribution in [1.82, 2.24) is 4.90 Å². The second-order valence-electron chi connectivity index (χ2n) is 5.39. The lowest BCUT2D eigenvalue weighted by Crippen LogP contribution is -2.47. The van der Waals surface area contributed by atoms with Gasteiger partial charge in [0, 0.05) is 23.9 Å². The monoisotopic (exact) mass is 245 g/mol. The number of hydrogen-bond acceptors (Lipinski definition) is 1. The lowest BCUT2D eigenvalue weighted by atomic mass is 9.88. The van der Waals surface area contributed by atoms with E-state index in [1.165, 1.54) is 12.8 Å². The Bertz CT molecular complexity index is 240. The smallest absolute Gasteiger partial charge is 0.228 e. The zero-order chi connectivity index (χ0) is 12.2. The van der Waals surface area contributed by atoms with Crippen LogP contribution in [0, 0.1) is 5.41 Å². The Balaban J connectivity index is 2.77. The van der Waals surface area contributed by atoms with E-state index in [0.717, 1.165) is 25.8 Å². The molecule has 0 aliphatic carbocycles. The third-order valence-electron chi connectivity index (χ3n) is 3.78. The molecule has 2 nitrogen and oxygen atoms in total. The van der Waals surface area contributed by atoms with Gasteiger partial charge >= 0.3 is 0 Å². The van der Waals surface area contributed by atoms with Crippen LogP contribution in [-0.4, -0.2) is 29.3 Å². The highest BCUT2D eigenvalue weighted by Gasteiger charge is 2.34. The molecule has 1 saturated heterocycles. The van der Waals surface area contributed by atoms with Crippen molar-refractivity contribution in [3.63, 3.8) is 0 Å². The first-order valence-corrected chi connectivity index (χ1v) is 6.93. The molecule has 1 heterocycles. The number of hydrogen-bond donors (Lipinski definition) is 0. The number of halogens is 1. The molecular weight excluding hydrogens is 222 g/mol. The fourth-order valence-corrected chi connectivity index (χ4v) is 2.47. The standard InChI is InChI=1S/C13H24ClNO/c1-4-13(2,3)12(16)15-9-7-5-6-8-11(15)10-14/h11H,4-10H2,1-3H3. The Morgan fingerprint density at radius 1 is 1.38 bits per heavy atom. The molecule has 0 aromatic rings. The van der Waals surface area contributed by atoms with E-state index >= 15 is 0 Å². The molecule has 1 fully saturated rings. The molecule has 16 heavy (non-hydrogen) atoms. The number of alkyl halides is 1. The molecular formula is C13H24ClNO. The summed E-state index contributed by atoms with van der Waals surface area (Å²) in [6.45, 7) is 7.03. The number of likely N-dealkylation sites (tertiary alicyclic amines) is 1. The Kier molecular flexibility index (Phi) is 5.10. The summed E-state index contributed by atoms with van der Waals surface area (Å²) in [5.74, 6) is 0.855. The van der Waals surface area contributed by atoms with Gasteiger partial charge in [-0.15, -0.1) is 11.6 Å². The van der Waals surface area contributed by atoms with Crippen LogP contribution in [0.4, 0.5) is 0 Å². The molecule has 1 atom stereocenters. The summed E-state index contributed by atoms with van der Waals surface area (Å²) >= 11 is 5.99. The van der Waals surface area contributed by atoms with Crippen molar-refractivity contribution in [2.75, 3.05) is 12.4 Å². The van der Waals surface area contributed by atoms with Crippen molar-refractivity contribution in [3.05, 3.63) is 0 Å². The molecule has 3 heteroatoms. The predicted molar refractivity (Wildman–Crippen MR) is 68.8 cm³/mol. The first kappa shape index (κ1) is 13.8. The maximum Gasteiger partial charge on any atom is 0.228 e. The van der Waals surface area contributed by atoms with Crippen LogP contribution in [0.3, 0.4) is 0 Å². The van der Waals surface area contributed by atoms with Gasteiger partial charge in [-0.05, 0) is 19.3 Å². The zero-order valence-electron chi connectivity index (χ0n) is 10.8. The predicted octanol–water partition coefficient (Wildman–Crippen LogP) is 3.43. The third-order valence-corrected chi connectivity index (χ3v) is 4.14. The minimum absolute atomic E-state index is 0.241. The van der Waals surface area contributed by atoms with E-state index < -0.39 is 0 Å². The molecule has 0 saturated carbocycles. The lowest BCUT2D eigenvalue weighted by molar-refractivity contribution is -0.142. The van der Waals surface area contributed by atoms with Gasteiger partial charge in [-0.25, -0.2) is 0 Å². The molecule has 0 aromatic heterocycles. The Morgan fingerprint density at radius 2 is 2.06 bits per heavy atom. The number of rotatable bonds is 3. The summed E-state index contributed by atoms with van der Waals surface area (Å²) in [5.41, 5.74) is -0.241. The van der Waals surface area contributed by atoms with E-state index in [1.54, 1.807) is 0 Å². The topological polar surface area (TPSA) is 20.3 Å². The third kappa shape index (κ3) is 3.13. The average molecular weight is 246 g/mol. The van der Waals surface area contributed by atoms with Crippen LogP contribution in [0.2, 0.25) is 0 Å². The van der Waals surface area contributed by atoms with E-state index in [-0.39, 0.29) is 17.4 Å². The Morgan fingerprint density at radius 3 is 2.62 bits per heavy atom. The minimum Gasteiger partial charge on any atom is -0.338 e. The Labute approximate surface area is 104 Å². The largest absolute Gasteiger partial charge is 0.338 e. The zero-order valence-corrected chi connectivity index (χ0v) is 11.5. The highest BCUT2D eigenvalue weighted by atomic mass is 35.5. The van der Waals surface area contributed by atoms with Gasteiger partial charge in [0.05, 0.1) is 0 Å². The van der Waals surface area contributed by atoms with E-state index in [4.69, 9.17) is 11.6 Å². The molecule has 0 N–H and O–H groups in total. The van der Waals surface area contributed by atoms with E-state index in [1.807, 2.05) is 18.7 Å². The molecule has 1 unspecified atom stereocenters. The van der Waals surface area contributed by atoms with Crippen LogP contribution in [0.15, 0.2) is 0 Å². The molecule has 0 radical (unpaired) electrons. The van der Waals surface area contributed by atoms with E-state index in [9.17, 15) is 4.79 Å². The normalized spacial score (nSPS) is 23.0. The van der Waals surface area contributed by atoms with Crippen LogP contribution in [-0.2, 0) is 4.79 Å². The average Bonchev–Trinajstić information content (AvgIpc) is 2.52. The summed E-state index contributed by atoms with van der Waals surface area (Å²) in [7, 11) is 0. The highest BCUT2D eigenvalue weighted by Crippen LogP contribution is 2.27. The van der Waals surface area contributed by atoms with Crippen molar-refractivity contribution in [2.24, 2.45) is 5.41 Å². The van der Waals surface area contributed by atoms with Crippen molar-refractivity contribution >= 4 is 17.5 Å². The van der Waals surface area contributed by atoms with Crippen molar-refractivity contribution in [3.8, 4) is 0 Å². The molecule has 0 bridgehead atoms. The van der Waals surface area contributed by atoms with Crippen LogP contribution in [0.25, 0.3) is 0 Å². The van der Waals surface area contributed by atoms with Gasteiger partial charge in [-0.3, -0.25) is 4.79 Å². The quantitative estimate of drug-likeness (QED) is 0.698. The van der Waals surface area contributed by atoms with Crippen molar-refractivity contribution in [1.29, 1.82) is 0 Å². The van der Waals surface area contributed by atoms with E-state index in [2.05, 4.69) is 6.92 Å². The number of amides is 1. The second kappa shape index (κ2) is 5.90. The molecule has 94 valence electrons. The molecule has 0 aromatic carbocycles. The van der Waals surface area contributed by atoms with Gasteiger partial charge in [0.1, 0.15) is 0 Å². The number of carbonyl (C=O) groups excluding carboxylic acids is 1. The summed E-state index contributed by atoms with van der Waals surface area (Å²) in [6.07, 6.45) is 5.50. The summed E-state index contributed by atoms with van der Waals surface area (Å²) in [6, 6.07) is 0.252. The molecule has 1 rings (SSSR count). The number of nitrogens with zero attached hydrogens (tertiary/aromatic N) is 1. The van der Waals surface area contributed by atoms with Gasteiger partial charge in [0.15, 0.2) is 0 Å². The SMILES string of the molecule is CCC(C)(C)C(=O)N1CCCCCC1CCl. The first-order valence-electron chi connectivity index (χ1n) is 6.40. The van der Waals surface area contributed by atoms with E-state index in [0.29, 0.717) is 5.88 Å². The van der Waals surface area contributed by atoms with Crippen LogP contribution in [0.5, 0.6) is 0 Å².